The molecule has 3 rings (SSSR count). The van der Waals surface area contributed by atoms with Crippen molar-refractivity contribution >= 4 is 40.3 Å². The fourth-order valence-corrected chi connectivity index (χ4v) is 3.29. The maximum atomic E-state index is 11.8. The molecule has 0 atom stereocenters. The van der Waals surface area contributed by atoms with Crippen LogP contribution >= 0.6 is 22.9 Å². The summed E-state index contributed by atoms with van der Waals surface area (Å²) in [5, 5.41) is 9.34. The number of methoxy groups -OCH3 is 1. The van der Waals surface area contributed by atoms with Gasteiger partial charge in [-0.2, -0.15) is 5.10 Å². The minimum Gasteiger partial charge on any atom is -0.465 e. The molecule has 0 aliphatic heterocycles. The van der Waals surface area contributed by atoms with Gasteiger partial charge in [-0.15, -0.1) is 11.3 Å². The fraction of sp³-hybridized carbons (Fsp3) is 0.105. The topological polar surface area (TPSA) is 54.8 Å². The van der Waals surface area contributed by atoms with Gasteiger partial charge in [0.15, 0.2) is 0 Å². The first kappa shape index (κ1) is 18.1. The van der Waals surface area contributed by atoms with Gasteiger partial charge in [0.2, 0.25) is 5.13 Å². The molecule has 0 aliphatic rings. The maximum Gasteiger partial charge on any atom is 0.338 e. The van der Waals surface area contributed by atoms with Crippen molar-refractivity contribution in [3.05, 3.63) is 70.1 Å². The highest BCUT2D eigenvalue weighted by Crippen LogP contribution is 2.31. The summed E-state index contributed by atoms with van der Waals surface area (Å²) < 4.78 is 4.79. The van der Waals surface area contributed by atoms with Gasteiger partial charge in [0.05, 0.1) is 24.6 Å². The summed E-state index contributed by atoms with van der Waals surface area (Å²) in [7, 11) is 3.15. The number of hydrogen-bond acceptors (Lipinski definition) is 6. The first-order valence-corrected chi connectivity index (χ1v) is 9.01. The van der Waals surface area contributed by atoms with Gasteiger partial charge in [-0.25, -0.2) is 14.8 Å². The number of rotatable bonds is 5. The number of halogens is 1. The predicted octanol–water partition coefficient (Wildman–Crippen LogP) is 4.72. The Hall–Kier alpha value is -2.70. The molecule has 0 N–H and O–H groups in total. The molecule has 2 aromatic carbocycles. The lowest BCUT2D eigenvalue weighted by atomic mass is 10.1. The van der Waals surface area contributed by atoms with E-state index in [0.717, 1.165) is 11.3 Å². The smallest absolute Gasteiger partial charge is 0.338 e. The molecule has 0 unspecified atom stereocenters. The Morgan fingerprint density at radius 1 is 1.23 bits per heavy atom. The van der Waals surface area contributed by atoms with E-state index in [-0.39, 0.29) is 0 Å². The minimum absolute atomic E-state index is 0.398. The third kappa shape index (κ3) is 3.92. The van der Waals surface area contributed by atoms with Gasteiger partial charge in [-0.05, 0) is 12.1 Å². The summed E-state index contributed by atoms with van der Waals surface area (Å²) in [6.07, 6.45) is 1.61. The van der Waals surface area contributed by atoms with Crippen molar-refractivity contribution in [3.8, 4) is 11.3 Å². The van der Waals surface area contributed by atoms with Crippen LogP contribution in [0.3, 0.4) is 0 Å². The normalized spacial score (nSPS) is 10.9. The van der Waals surface area contributed by atoms with Crippen LogP contribution in [-0.2, 0) is 4.74 Å². The number of aromatic nitrogens is 1. The average Bonchev–Trinajstić information content (AvgIpc) is 3.16. The zero-order chi connectivity index (χ0) is 18.5. The molecule has 0 aliphatic carbocycles. The monoisotopic (exact) mass is 385 g/mol. The average molecular weight is 386 g/mol. The molecular weight excluding hydrogens is 370 g/mol. The van der Waals surface area contributed by atoms with Gasteiger partial charge in [0.25, 0.3) is 0 Å². The summed E-state index contributed by atoms with van der Waals surface area (Å²) in [4.78, 5) is 16.4. The molecule has 0 saturated heterocycles. The third-order valence-electron chi connectivity index (χ3n) is 3.65. The van der Waals surface area contributed by atoms with E-state index in [1.54, 1.807) is 36.5 Å². The number of hydrazone groups is 1. The number of thiazole rings is 1. The van der Waals surface area contributed by atoms with Crippen molar-refractivity contribution in [2.24, 2.45) is 5.10 Å². The zero-order valence-electron chi connectivity index (χ0n) is 14.2. The van der Waals surface area contributed by atoms with Crippen LogP contribution in [0.15, 0.2) is 59.0 Å². The molecule has 0 bridgehead atoms. The predicted molar refractivity (Wildman–Crippen MR) is 106 cm³/mol. The summed E-state index contributed by atoms with van der Waals surface area (Å²) >= 11 is 7.69. The molecular formula is C19H16ClN3O2S. The quantitative estimate of drug-likeness (QED) is 0.362. The van der Waals surface area contributed by atoms with E-state index in [0.29, 0.717) is 21.3 Å². The standard InChI is InChI=1S/C19H16ClN3O2S/c1-23(21-11-13-7-3-4-8-14(13)18(24)25-2)19-22-17(12-26-19)15-9-5-6-10-16(15)20/h3-12H,1-2H3/b21-11+. The number of hydrogen-bond donors (Lipinski definition) is 0. The molecule has 26 heavy (non-hydrogen) atoms. The van der Waals surface area contributed by atoms with Crippen molar-refractivity contribution in [2.45, 2.75) is 0 Å². The molecule has 0 radical (unpaired) electrons. The third-order valence-corrected chi connectivity index (χ3v) is 4.89. The van der Waals surface area contributed by atoms with Crippen LogP contribution in [0.5, 0.6) is 0 Å². The van der Waals surface area contributed by atoms with Crippen molar-refractivity contribution in [3.63, 3.8) is 0 Å². The van der Waals surface area contributed by atoms with E-state index >= 15 is 0 Å². The second-order valence-corrected chi connectivity index (χ2v) is 6.59. The van der Waals surface area contributed by atoms with E-state index in [9.17, 15) is 4.79 Å². The first-order chi connectivity index (χ1) is 12.6. The summed E-state index contributed by atoms with van der Waals surface area (Å²) in [6, 6.07) is 14.7. The van der Waals surface area contributed by atoms with E-state index < -0.39 is 5.97 Å². The van der Waals surface area contributed by atoms with E-state index in [1.165, 1.54) is 18.4 Å². The molecule has 0 spiro atoms. The lowest BCUT2D eigenvalue weighted by Crippen LogP contribution is -2.10. The maximum absolute atomic E-state index is 11.8. The SMILES string of the molecule is COC(=O)c1ccccc1/C=N/N(C)c1nc(-c2ccccc2Cl)cs1. The number of carbonyl (C=O) groups is 1. The second-order valence-electron chi connectivity index (χ2n) is 5.34. The Bertz CT molecular complexity index is 955. The van der Waals surface area contributed by atoms with Crippen LogP contribution in [0.1, 0.15) is 15.9 Å². The molecule has 3 aromatic rings. The van der Waals surface area contributed by atoms with Crippen LogP contribution in [0, 0.1) is 0 Å². The summed E-state index contributed by atoms with van der Waals surface area (Å²) in [6.45, 7) is 0. The highest BCUT2D eigenvalue weighted by Gasteiger charge is 2.12. The van der Waals surface area contributed by atoms with Gasteiger partial charge in [-0.3, -0.25) is 0 Å². The number of ether oxygens (including phenoxy) is 1. The van der Waals surface area contributed by atoms with Crippen LogP contribution < -0.4 is 5.01 Å². The number of esters is 1. The molecule has 5 nitrogen and oxygen atoms in total. The molecule has 132 valence electrons. The van der Waals surface area contributed by atoms with Crippen molar-refractivity contribution in [2.75, 3.05) is 19.2 Å². The van der Waals surface area contributed by atoms with E-state index in [2.05, 4.69) is 10.1 Å². The highest BCUT2D eigenvalue weighted by atomic mass is 35.5. The van der Waals surface area contributed by atoms with Crippen LogP contribution in [0.2, 0.25) is 5.02 Å². The molecule has 0 amide bonds. The van der Waals surface area contributed by atoms with Crippen molar-refractivity contribution < 1.29 is 9.53 Å². The van der Waals surface area contributed by atoms with E-state index in [4.69, 9.17) is 16.3 Å². The largest absolute Gasteiger partial charge is 0.465 e. The minimum atomic E-state index is -0.398. The van der Waals surface area contributed by atoms with E-state index in [1.807, 2.05) is 35.7 Å². The second kappa shape index (κ2) is 8.12. The van der Waals surface area contributed by atoms with Gasteiger partial charge < -0.3 is 4.74 Å². The van der Waals surface area contributed by atoms with Crippen molar-refractivity contribution in [1.82, 2.24) is 4.98 Å². The molecule has 1 heterocycles. The van der Waals surface area contributed by atoms with Crippen LogP contribution in [-0.4, -0.2) is 31.3 Å². The summed E-state index contributed by atoms with van der Waals surface area (Å²) in [5.74, 6) is -0.398. The number of carbonyl (C=O) groups excluding carboxylic acids is 1. The lowest BCUT2D eigenvalue weighted by Gasteiger charge is -2.09. The van der Waals surface area contributed by atoms with Gasteiger partial charge in [0, 0.05) is 28.6 Å². The molecule has 0 saturated carbocycles. The van der Waals surface area contributed by atoms with Crippen LogP contribution in [0.4, 0.5) is 5.13 Å². The fourth-order valence-electron chi connectivity index (χ4n) is 2.31. The summed E-state index contributed by atoms with van der Waals surface area (Å²) in [5.41, 5.74) is 2.81. The Labute approximate surface area is 160 Å². The lowest BCUT2D eigenvalue weighted by molar-refractivity contribution is 0.0600. The zero-order valence-corrected chi connectivity index (χ0v) is 15.8. The number of nitrogens with zero attached hydrogens (tertiary/aromatic N) is 3. The molecule has 7 heteroatoms. The highest BCUT2D eigenvalue weighted by molar-refractivity contribution is 7.14. The first-order valence-electron chi connectivity index (χ1n) is 7.75. The molecule has 1 aromatic heterocycles. The van der Waals surface area contributed by atoms with Crippen molar-refractivity contribution in [1.29, 1.82) is 0 Å². The van der Waals surface area contributed by atoms with Gasteiger partial charge >= 0.3 is 5.97 Å². The van der Waals surface area contributed by atoms with Gasteiger partial charge in [0.1, 0.15) is 0 Å². The Morgan fingerprint density at radius 2 is 1.96 bits per heavy atom. The molecule has 0 fully saturated rings. The van der Waals surface area contributed by atoms with Gasteiger partial charge in [-0.1, -0.05) is 48.0 Å². The number of benzene rings is 2. The number of anilines is 1. The Morgan fingerprint density at radius 3 is 2.73 bits per heavy atom. The Kier molecular flexibility index (Phi) is 5.65. The Balaban J connectivity index is 1.82. The van der Waals surface area contributed by atoms with Crippen LogP contribution in [0.25, 0.3) is 11.3 Å².